The first-order valence-corrected chi connectivity index (χ1v) is 6.96. The van der Waals surface area contributed by atoms with Gasteiger partial charge in [-0.2, -0.15) is 5.10 Å². The zero-order valence-corrected chi connectivity index (χ0v) is 13.2. The third-order valence-corrected chi connectivity index (χ3v) is 3.70. The van der Waals surface area contributed by atoms with E-state index in [1.807, 2.05) is 52.8 Å². The van der Waals surface area contributed by atoms with Gasteiger partial charge in [0.1, 0.15) is 10.8 Å². The number of aldehydes is 1. The molecule has 0 aliphatic heterocycles. The van der Waals surface area contributed by atoms with Crippen LogP contribution in [0.2, 0.25) is 5.15 Å². The maximum absolute atomic E-state index is 11.4. The molecule has 1 aromatic carbocycles. The Hall–Kier alpha value is -1.61. The van der Waals surface area contributed by atoms with Crippen molar-refractivity contribution in [1.29, 1.82) is 0 Å². The molecule has 1 aromatic heterocycles. The number of nitrogens with zero attached hydrogens (tertiary/aromatic N) is 2. The predicted molar refractivity (Wildman–Crippen MR) is 82.5 cm³/mol. The Bertz CT molecular complexity index is 646. The number of aromatic nitrogens is 2. The summed E-state index contributed by atoms with van der Waals surface area (Å²) < 4.78 is 1.71. The van der Waals surface area contributed by atoms with E-state index in [0.717, 1.165) is 23.0 Å². The molecule has 106 valence electrons. The van der Waals surface area contributed by atoms with Crippen LogP contribution in [-0.4, -0.2) is 16.1 Å². The lowest BCUT2D eigenvalue weighted by molar-refractivity contribution is 0.112. The molecule has 0 spiro atoms. The summed E-state index contributed by atoms with van der Waals surface area (Å²) in [4.78, 5) is 11.4. The van der Waals surface area contributed by atoms with Gasteiger partial charge in [-0.25, -0.2) is 4.68 Å². The van der Waals surface area contributed by atoms with E-state index in [9.17, 15) is 4.79 Å². The van der Waals surface area contributed by atoms with Crippen molar-refractivity contribution >= 4 is 17.9 Å². The van der Waals surface area contributed by atoms with Crippen molar-refractivity contribution in [3.8, 4) is 11.3 Å². The molecular formula is C16H19ClN2O. The van der Waals surface area contributed by atoms with Gasteiger partial charge in [-0.15, -0.1) is 0 Å². The van der Waals surface area contributed by atoms with Crippen molar-refractivity contribution in [2.75, 3.05) is 0 Å². The van der Waals surface area contributed by atoms with Gasteiger partial charge in [0.25, 0.3) is 0 Å². The fourth-order valence-electron chi connectivity index (χ4n) is 2.33. The number of carbonyl (C=O) groups excluding carboxylic acids is 1. The highest BCUT2D eigenvalue weighted by atomic mass is 35.5. The third-order valence-electron chi connectivity index (χ3n) is 3.33. The number of carbonyl (C=O) groups is 1. The maximum atomic E-state index is 11.4. The van der Waals surface area contributed by atoms with Crippen molar-refractivity contribution in [3.05, 3.63) is 40.0 Å². The van der Waals surface area contributed by atoms with Gasteiger partial charge < -0.3 is 0 Å². The summed E-state index contributed by atoms with van der Waals surface area (Å²) in [5.74, 6) is 0. The van der Waals surface area contributed by atoms with Gasteiger partial charge in [-0.05, 0) is 45.7 Å². The molecule has 0 fully saturated rings. The van der Waals surface area contributed by atoms with E-state index in [4.69, 9.17) is 11.6 Å². The second kappa shape index (κ2) is 5.06. The van der Waals surface area contributed by atoms with Crippen LogP contribution in [0.15, 0.2) is 18.2 Å². The summed E-state index contributed by atoms with van der Waals surface area (Å²) in [6.07, 6.45) is 0.790. The molecule has 3 nitrogen and oxygen atoms in total. The Morgan fingerprint density at radius 1 is 1.20 bits per heavy atom. The maximum Gasteiger partial charge on any atom is 0.155 e. The molecule has 0 N–H and O–H groups in total. The number of hydrogen-bond acceptors (Lipinski definition) is 2. The van der Waals surface area contributed by atoms with Crippen LogP contribution >= 0.6 is 11.6 Å². The van der Waals surface area contributed by atoms with Gasteiger partial charge >= 0.3 is 0 Å². The number of halogens is 1. The normalized spacial score (nSPS) is 11.7. The third kappa shape index (κ3) is 2.38. The molecule has 0 saturated heterocycles. The molecule has 20 heavy (non-hydrogen) atoms. The Labute approximate surface area is 124 Å². The largest absolute Gasteiger partial charge is 0.298 e. The minimum Gasteiger partial charge on any atom is -0.298 e. The Kier molecular flexibility index (Phi) is 3.74. The van der Waals surface area contributed by atoms with Gasteiger partial charge in [0.05, 0.1) is 11.1 Å². The van der Waals surface area contributed by atoms with E-state index in [1.165, 1.54) is 0 Å². The monoisotopic (exact) mass is 290 g/mol. The quantitative estimate of drug-likeness (QED) is 0.769. The molecule has 0 aliphatic rings. The zero-order chi connectivity index (χ0) is 15.1. The highest BCUT2D eigenvalue weighted by Crippen LogP contribution is 2.34. The van der Waals surface area contributed by atoms with E-state index in [2.05, 4.69) is 5.10 Å². The van der Waals surface area contributed by atoms with E-state index in [1.54, 1.807) is 4.68 Å². The molecule has 4 heteroatoms. The van der Waals surface area contributed by atoms with Crippen LogP contribution < -0.4 is 0 Å². The first kappa shape index (κ1) is 14.8. The van der Waals surface area contributed by atoms with Gasteiger partial charge in [-0.3, -0.25) is 4.79 Å². The molecule has 0 amide bonds. The molecule has 0 saturated carbocycles. The van der Waals surface area contributed by atoms with E-state index in [0.29, 0.717) is 16.4 Å². The minimum absolute atomic E-state index is 0.274. The Morgan fingerprint density at radius 3 is 2.20 bits per heavy atom. The van der Waals surface area contributed by atoms with Crippen molar-refractivity contribution in [2.24, 2.45) is 0 Å². The average Bonchev–Trinajstić information content (AvgIpc) is 2.66. The molecular weight excluding hydrogens is 272 g/mol. The second-order valence-electron chi connectivity index (χ2n) is 6.02. The van der Waals surface area contributed by atoms with Crippen molar-refractivity contribution < 1.29 is 4.79 Å². The predicted octanol–water partition coefficient (Wildman–Crippen LogP) is 4.39. The van der Waals surface area contributed by atoms with E-state index in [-0.39, 0.29) is 5.54 Å². The number of hydrogen-bond donors (Lipinski definition) is 0. The summed E-state index contributed by atoms with van der Waals surface area (Å²) in [5, 5.41) is 4.99. The topological polar surface area (TPSA) is 34.9 Å². The van der Waals surface area contributed by atoms with Crippen LogP contribution in [0, 0.1) is 13.8 Å². The molecule has 0 atom stereocenters. The molecule has 0 bridgehead atoms. The SMILES string of the molecule is Cc1cccc(C)c1-c1nn(C(C)(C)C)c(Cl)c1C=O. The summed E-state index contributed by atoms with van der Waals surface area (Å²) in [6.45, 7) is 10.1. The molecule has 1 heterocycles. The summed E-state index contributed by atoms with van der Waals surface area (Å²) in [7, 11) is 0. The van der Waals surface area contributed by atoms with E-state index < -0.39 is 0 Å². The first-order valence-electron chi connectivity index (χ1n) is 6.58. The number of benzene rings is 1. The smallest absolute Gasteiger partial charge is 0.155 e. The van der Waals surface area contributed by atoms with Gasteiger partial charge in [-0.1, -0.05) is 29.8 Å². The van der Waals surface area contributed by atoms with Crippen LogP contribution in [0.4, 0.5) is 0 Å². The summed E-state index contributed by atoms with van der Waals surface area (Å²) in [6, 6.07) is 6.03. The molecule has 0 radical (unpaired) electrons. The van der Waals surface area contributed by atoms with Crippen LogP contribution in [0.5, 0.6) is 0 Å². The van der Waals surface area contributed by atoms with Crippen LogP contribution in [0.1, 0.15) is 42.3 Å². The number of rotatable bonds is 2. The Morgan fingerprint density at radius 2 is 1.75 bits per heavy atom. The van der Waals surface area contributed by atoms with Crippen LogP contribution in [0.3, 0.4) is 0 Å². The molecule has 0 aliphatic carbocycles. The van der Waals surface area contributed by atoms with Crippen molar-refractivity contribution in [2.45, 2.75) is 40.2 Å². The lowest BCUT2D eigenvalue weighted by Gasteiger charge is -2.20. The van der Waals surface area contributed by atoms with Crippen LogP contribution in [-0.2, 0) is 5.54 Å². The van der Waals surface area contributed by atoms with E-state index >= 15 is 0 Å². The zero-order valence-electron chi connectivity index (χ0n) is 12.5. The van der Waals surface area contributed by atoms with Crippen LogP contribution in [0.25, 0.3) is 11.3 Å². The summed E-state index contributed by atoms with van der Waals surface area (Å²) >= 11 is 6.34. The second-order valence-corrected chi connectivity index (χ2v) is 6.38. The van der Waals surface area contributed by atoms with Gasteiger partial charge in [0, 0.05) is 5.56 Å². The molecule has 2 rings (SSSR count). The highest BCUT2D eigenvalue weighted by molar-refractivity contribution is 6.32. The summed E-state index contributed by atoms with van der Waals surface area (Å²) in [5.41, 5.74) is 4.00. The lowest BCUT2D eigenvalue weighted by atomic mass is 9.98. The minimum atomic E-state index is -0.274. The van der Waals surface area contributed by atoms with Gasteiger partial charge in [0.15, 0.2) is 6.29 Å². The lowest BCUT2D eigenvalue weighted by Crippen LogP contribution is -2.23. The fraction of sp³-hybridized carbons (Fsp3) is 0.375. The highest BCUT2D eigenvalue weighted by Gasteiger charge is 2.25. The Balaban J connectivity index is 2.79. The first-order chi connectivity index (χ1) is 9.27. The number of aryl methyl sites for hydroxylation is 2. The standard InChI is InChI=1S/C16H19ClN2O/c1-10-7-6-8-11(2)13(10)14-12(9-20)15(17)19(18-14)16(3,4)5/h6-9H,1-5H3. The van der Waals surface area contributed by atoms with Crippen molar-refractivity contribution in [1.82, 2.24) is 9.78 Å². The fourth-order valence-corrected chi connectivity index (χ4v) is 2.76. The molecule has 0 unspecified atom stereocenters. The van der Waals surface area contributed by atoms with Gasteiger partial charge in [0.2, 0.25) is 0 Å². The average molecular weight is 291 g/mol. The molecule has 2 aromatic rings. The van der Waals surface area contributed by atoms with Crippen molar-refractivity contribution in [3.63, 3.8) is 0 Å².